The minimum absolute atomic E-state index is 0.0978. The standard InChI is InChI=1S/C24H23N5O2/c1-16-7-8-18(19-9-11-28-20(13-19)15-23(25)27-28)14-21(16)26-24(30)29-22(10-12-31-29)17-5-3-2-4-6-17/h2-9,11,13-15,22H,10,12H2,1H3,(H2,25,27)(H,26,30)/t22-/m0/s1. The molecule has 1 atom stereocenters. The number of nitrogens with zero attached hydrogens (tertiary/aromatic N) is 3. The number of carbonyl (C=O) groups excluding carboxylic acids is 1. The second-order valence-electron chi connectivity index (χ2n) is 7.69. The number of benzene rings is 2. The van der Waals surface area contributed by atoms with E-state index in [1.807, 2.05) is 79.9 Å². The summed E-state index contributed by atoms with van der Waals surface area (Å²) in [5, 5.41) is 8.69. The molecule has 7 nitrogen and oxygen atoms in total. The maximum Gasteiger partial charge on any atom is 0.346 e. The van der Waals surface area contributed by atoms with Crippen LogP contribution < -0.4 is 11.1 Å². The molecule has 7 heteroatoms. The predicted molar refractivity (Wildman–Crippen MR) is 120 cm³/mol. The summed E-state index contributed by atoms with van der Waals surface area (Å²) >= 11 is 0. The van der Waals surface area contributed by atoms with Crippen molar-refractivity contribution in [3.63, 3.8) is 0 Å². The molecule has 5 rings (SSSR count). The molecule has 1 aliphatic heterocycles. The molecule has 2 aromatic carbocycles. The van der Waals surface area contributed by atoms with Gasteiger partial charge in [0.05, 0.1) is 18.2 Å². The van der Waals surface area contributed by atoms with Gasteiger partial charge in [-0.3, -0.25) is 4.84 Å². The summed E-state index contributed by atoms with van der Waals surface area (Å²) in [5.41, 5.74) is 11.5. The van der Waals surface area contributed by atoms with Crippen LogP contribution in [0.1, 0.15) is 23.6 Å². The normalized spacial score (nSPS) is 16.0. The summed E-state index contributed by atoms with van der Waals surface area (Å²) in [6.45, 7) is 2.49. The third-order valence-corrected chi connectivity index (χ3v) is 5.58. The molecule has 0 spiro atoms. The van der Waals surface area contributed by atoms with Crippen molar-refractivity contribution in [3.8, 4) is 11.1 Å². The maximum atomic E-state index is 13.0. The van der Waals surface area contributed by atoms with Crippen LogP contribution in [0.2, 0.25) is 0 Å². The zero-order valence-corrected chi connectivity index (χ0v) is 17.2. The summed E-state index contributed by atoms with van der Waals surface area (Å²) in [5.74, 6) is 0.479. The van der Waals surface area contributed by atoms with Gasteiger partial charge in [0.1, 0.15) is 5.82 Å². The number of aromatic nitrogens is 2. The Balaban J connectivity index is 1.40. The number of amides is 2. The Morgan fingerprint density at radius 1 is 1.10 bits per heavy atom. The lowest BCUT2D eigenvalue weighted by Crippen LogP contribution is -2.33. The van der Waals surface area contributed by atoms with Crippen LogP contribution in [0.3, 0.4) is 0 Å². The van der Waals surface area contributed by atoms with Gasteiger partial charge in [0.2, 0.25) is 0 Å². The molecule has 1 fully saturated rings. The fourth-order valence-electron chi connectivity index (χ4n) is 3.95. The van der Waals surface area contributed by atoms with Crippen LogP contribution in [0.25, 0.3) is 16.6 Å². The van der Waals surface area contributed by atoms with Crippen LogP contribution in [0.4, 0.5) is 16.3 Å². The fourth-order valence-corrected chi connectivity index (χ4v) is 3.95. The monoisotopic (exact) mass is 413 g/mol. The highest BCUT2D eigenvalue weighted by molar-refractivity contribution is 5.91. The number of pyridine rings is 1. The van der Waals surface area contributed by atoms with Gasteiger partial charge in [-0.25, -0.2) is 9.31 Å². The summed E-state index contributed by atoms with van der Waals surface area (Å²) in [4.78, 5) is 18.7. The van der Waals surface area contributed by atoms with E-state index in [0.717, 1.165) is 39.9 Å². The van der Waals surface area contributed by atoms with E-state index in [0.29, 0.717) is 12.4 Å². The second-order valence-corrected chi connectivity index (χ2v) is 7.69. The topological polar surface area (TPSA) is 84.9 Å². The number of aryl methyl sites for hydroxylation is 1. The molecule has 0 unspecified atom stereocenters. The average Bonchev–Trinajstić information content (AvgIpc) is 3.41. The Morgan fingerprint density at radius 3 is 2.74 bits per heavy atom. The van der Waals surface area contributed by atoms with Crippen molar-refractivity contribution in [3.05, 3.63) is 84.1 Å². The minimum atomic E-state index is -0.273. The van der Waals surface area contributed by atoms with Crippen LogP contribution >= 0.6 is 0 Å². The Hall–Kier alpha value is -3.84. The predicted octanol–water partition coefficient (Wildman–Crippen LogP) is 4.80. The van der Waals surface area contributed by atoms with Crippen LogP contribution in [-0.2, 0) is 4.84 Å². The third kappa shape index (κ3) is 3.71. The van der Waals surface area contributed by atoms with E-state index in [-0.39, 0.29) is 12.1 Å². The maximum absolute atomic E-state index is 13.0. The van der Waals surface area contributed by atoms with Crippen molar-refractivity contribution in [1.82, 2.24) is 14.7 Å². The number of fused-ring (bicyclic) bond motifs is 1. The number of hydrogen-bond donors (Lipinski definition) is 2. The van der Waals surface area contributed by atoms with Gasteiger partial charge >= 0.3 is 6.03 Å². The van der Waals surface area contributed by atoms with Crippen molar-refractivity contribution in [2.45, 2.75) is 19.4 Å². The molecular formula is C24H23N5O2. The van der Waals surface area contributed by atoms with Gasteiger partial charge in [-0.1, -0.05) is 42.5 Å². The number of hydroxylamine groups is 2. The summed E-state index contributed by atoms with van der Waals surface area (Å²) in [6.07, 6.45) is 2.65. The molecule has 0 saturated carbocycles. The SMILES string of the molecule is Cc1ccc(-c2ccn3nc(N)cc3c2)cc1NC(=O)N1OCC[C@H]1c1ccccc1. The molecule has 0 aliphatic carbocycles. The molecule has 4 aromatic rings. The van der Waals surface area contributed by atoms with Crippen LogP contribution in [-0.4, -0.2) is 27.3 Å². The summed E-state index contributed by atoms with van der Waals surface area (Å²) in [7, 11) is 0. The number of anilines is 2. The molecule has 1 saturated heterocycles. The Kier molecular flexibility index (Phi) is 4.80. The van der Waals surface area contributed by atoms with Crippen molar-refractivity contribution in [2.75, 3.05) is 17.7 Å². The first kappa shape index (κ1) is 19.1. The number of carbonyl (C=O) groups is 1. The highest BCUT2D eigenvalue weighted by atomic mass is 16.7. The molecule has 31 heavy (non-hydrogen) atoms. The van der Waals surface area contributed by atoms with Crippen molar-refractivity contribution in [1.29, 1.82) is 0 Å². The lowest BCUT2D eigenvalue weighted by atomic mass is 10.0. The largest absolute Gasteiger partial charge is 0.382 e. The van der Waals surface area contributed by atoms with Gasteiger partial charge < -0.3 is 11.1 Å². The molecule has 156 valence electrons. The van der Waals surface area contributed by atoms with Gasteiger partial charge in [0.25, 0.3) is 0 Å². The van der Waals surface area contributed by atoms with Gasteiger partial charge in [-0.15, -0.1) is 0 Å². The molecule has 2 amide bonds. The fraction of sp³-hybridized carbons (Fsp3) is 0.167. The zero-order valence-electron chi connectivity index (χ0n) is 17.2. The number of nitrogen functional groups attached to an aromatic ring is 1. The summed E-state index contributed by atoms with van der Waals surface area (Å²) in [6, 6.07) is 21.4. The van der Waals surface area contributed by atoms with Gasteiger partial charge in [-0.2, -0.15) is 10.2 Å². The highest BCUT2D eigenvalue weighted by Crippen LogP contribution is 2.32. The van der Waals surface area contributed by atoms with Crippen molar-refractivity contribution >= 4 is 23.1 Å². The lowest BCUT2D eigenvalue weighted by Gasteiger charge is -2.23. The van der Waals surface area contributed by atoms with Crippen LogP contribution in [0.15, 0.2) is 72.9 Å². The van der Waals surface area contributed by atoms with E-state index in [1.165, 1.54) is 5.06 Å². The number of hydrogen-bond acceptors (Lipinski definition) is 4. The minimum Gasteiger partial charge on any atom is -0.382 e. The van der Waals surface area contributed by atoms with Gasteiger partial charge in [-0.05, 0) is 47.4 Å². The number of nitrogens with two attached hydrogens (primary N) is 1. The smallest absolute Gasteiger partial charge is 0.346 e. The van der Waals surface area contributed by atoms with Crippen molar-refractivity contribution < 1.29 is 9.63 Å². The first-order chi connectivity index (χ1) is 15.1. The van der Waals surface area contributed by atoms with E-state index in [9.17, 15) is 4.79 Å². The molecule has 0 radical (unpaired) electrons. The Morgan fingerprint density at radius 2 is 1.90 bits per heavy atom. The molecular weight excluding hydrogens is 390 g/mol. The Labute approximate surface area is 180 Å². The molecule has 0 bridgehead atoms. The van der Waals surface area contributed by atoms with E-state index < -0.39 is 0 Å². The van der Waals surface area contributed by atoms with Crippen molar-refractivity contribution in [2.24, 2.45) is 0 Å². The number of urea groups is 1. The molecule has 3 N–H and O–H groups in total. The lowest BCUT2D eigenvalue weighted by molar-refractivity contribution is -0.0829. The Bertz CT molecular complexity index is 1250. The third-order valence-electron chi connectivity index (χ3n) is 5.58. The van der Waals surface area contributed by atoms with E-state index in [1.54, 1.807) is 4.52 Å². The zero-order chi connectivity index (χ0) is 21.4. The average molecular weight is 413 g/mol. The molecule has 1 aliphatic rings. The second kappa shape index (κ2) is 7.77. The van der Waals surface area contributed by atoms with Crippen LogP contribution in [0, 0.1) is 6.92 Å². The molecule has 2 aromatic heterocycles. The van der Waals surface area contributed by atoms with Gasteiger partial charge in [0.15, 0.2) is 0 Å². The van der Waals surface area contributed by atoms with E-state index >= 15 is 0 Å². The number of rotatable bonds is 3. The first-order valence-corrected chi connectivity index (χ1v) is 10.2. The molecule has 3 heterocycles. The quantitative estimate of drug-likeness (QED) is 0.505. The first-order valence-electron chi connectivity index (χ1n) is 10.2. The number of nitrogens with one attached hydrogen (secondary N) is 1. The van der Waals surface area contributed by atoms with E-state index in [4.69, 9.17) is 10.6 Å². The van der Waals surface area contributed by atoms with E-state index in [2.05, 4.69) is 10.4 Å². The van der Waals surface area contributed by atoms with Crippen LogP contribution in [0.5, 0.6) is 0 Å². The highest BCUT2D eigenvalue weighted by Gasteiger charge is 2.32. The summed E-state index contributed by atoms with van der Waals surface area (Å²) < 4.78 is 1.74. The van der Waals surface area contributed by atoms with Gasteiger partial charge in [0, 0.05) is 24.4 Å².